The van der Waals surface area contributed by atoms with Crippen LogP contribution in [0.2, 0.25) is 0 Å². The number of benzene rings is 4. The molecule has 0 saturated carbocycles. The topological polar surface area (TPSA) is 68.1 Å². The van der Waals surface area contributed by atoms with Gasteiger partial charge < -0.3 is 19.8 Å². The molecule has 2 aliphatic heterocycles. The van der Waals surface area contributed by atoms with Crippen molar-refractivity contribution in [2.24, 2.45) is 0 Å². The number of nitrogens with one attached hydrogen (secondary N) is 2. The van der Waals surface area contributed by atoms with E-state index in [1.165, 1.54) is 54.6 Å². The highest BCUT2D eigenvalue weighted by molar-refractivity contribution is 6.04. The molecule has 8 rings (SSSR count). The van der Waals surface area contributed by atoms with Crippen LogP contribution in [0.1, 0.15) is 33.0 Å². The first-order chi connectivity index (χ1) is 23.4. The molecule has 0 aliphatic carbocycles. The van der Waals surface area contributed by atoms with Crippen molar-refractivity contribution >= 4 is 33.6 Å². The van der Waals surface area contributed by atoms with E-state index < -0.39 is 35.0 Å². The van der Waals surface area contributed by atoms with Gasteiger partial charge in [-0.3, -0.25) is 9.59 Å². The van der Waals surface area contributed by atoms with E-state index in [0.717, 1.165) is 18.2 Å². The lowest BCUT2D eigenvalue weighted by Crippen LogP contribution is -2.34. The Hall–Kier alpha value is -5.59. The summed E-state index contributed by atoms with van der Waals surface area (Å²) in [4.78, 5) is 24.2. The Labute approximate surface area is 273 Å². The fraction of sp³-hybridized carbons (Fsp3) is 0.167. The molecule has 4 aromatic carbocycles. The quantitative estimate of drug-likeness (QED) is 0.182. The zero-order valence-corrected chi connectivity index (χ0v) is 25.4. The number of aromatic nitrogens is 2. The summed E-state index contributed by atoms with van der Waals surface area (Å²) in [5.74, 6) is -3.46. The number of rotatable bonds is 2. The minimum absolute atomic E-state index is 0.0522. The van der Waals surface area contributed by atoms with Crippen molar-refractivity contribution < 1.29 is 40.3 Å². The Morgan fingerprint density at radius 1 is 0.612 bits per heavy atom. The Kier molecular flexibility index (Phi) is 7.92. The number of alkyl halides is 3. The molecular formula is C36H25F7N4O2. The molecule has 4 heterocycles. The van der Waals surface area contributed by atoms with Gasteiger partial charge in [0.05, 0.1) is 16.6 Å². The van der Waals surface area contributed by atoms with E-state index in [-0.39, 0.29) is 17.2 Å². The van der Waals surface area contributed by atoms with Crippen LogP contribution in [0, 0.1) is 23.3 Å². The number of nitrogens with zero attached hydrogens (tertiary/aromatic N) is 2. The van der Waals surface area contributed by atoms with Crippen LogP contribution >= 0.6 is 0 Å². The largest absolute Gasteiger partial charge is 0.416 e. The predicted molar refractivity (Wildman–Crippen MR) is 169 cm³/mol. The van der Waals surface area contributed by atoms with E-state index >= 15 is 0 Å². The second-order valence-corrected chi connectivity index (χ2v) is 11.7. The average molecular weight is 679 g/mol. The van der Waals surface area contributed by atoms with Crippen LogP contribution in [0.25, 0.3) is 44.1 Å². The van der Waals surface area contributed by atoms with Gasteiger partial charge in [-0.15, -0.1) is 0 Å². The maximum Gasteiger partial charge on any atom is 0.416 e. The predicted octanol–water partition coefficient (Wildman–Crippen LogP) is 8.07. The van der Waals surface area contributed by atoms with Gasteiger partial charge in [0.2, 0.25) is 0 Å². The number of amides is 2. The number of carbonyl (C=O) groups is 2. The van der Waals surface area contributed by atoms with E-state index in [9.17, 15) is 40.3 Å². The van der Waals surface area contributed by atoms with Crippen molar-refractivity contribution in [3.8, 4) is 22.3 Å². The molecule has 0 unspecified atom stereocenters. The van der Waals surface area contributed by atoms with Crippen molar-refractivity contribution in [1.82, 2.24) is 19.8 Å². The fourth-order valence-corrected chi connectivity index (χ4v) is 6.42. The highest BCUT2D eigenvalue weighted by atomic mass is 19.4. The molecule has 0 bridgehead atoms. The van der Waals surface area contributed by atoms with E-state index in [1.807, 2.05) is 4.57 Å². The smallest absolute Gasteiger partial charge is 0.351 e. The summed E-state index contributed by atoms with van der Waals surface area (Å²) in [6.45, 7) is 1.98. The lowest BCUT2D eigenvalue weighted by molar-refractivity contribution is -0.137. The molecule has 2 aromatic heterocycles. The minimum atomic E-state index is -4.43. The molecule has 0 saturated heterocycles. The molecule has 6 nitrogen and oxygen atoms in total. The molecule has 13 heteroatoms. The normalized spacial score (nSPS) is 14.4. The van der Waals surface area contributed by atoms with E-state index in [1.54, 1.807) is 10.6 Å². The van der Waals surface area contributed by atoms with Crippen LogP contribution in [-0.4, -0.2) is 34.0 Å². The van der Waals surface area contributed by atoms with E-state index in [2.05, 4.69) is 10.6 Å². The second kappa shape index (κ2) is 12.1. The van der Waals surface area contributed by atoms with Gasteiger partial charge in [0.25, 0.3) is 11.8 Å². The lowest BCUT2D eigenvalue weighted by atomic mass is 10.0. The van der Waals surface area contributed by atoms with Crippen LogP contribution in [-0.2, 0) is 19.3 Å². The standard InChI is InChI=1S/C19H14F4N2O.C17H11F3N2O/c20-14-8-12-9-16-18(26)24-6-1-7-25(16)17(12)15(10-14)11-2-4-13(5-3-11)19(21,22)23;18-10-3-1-9(2-4-10)11-7-13(19)15(20)12-8-14-17(23)21-5-6-22(14)16(11)12/h2-5,8-10H,1,6-7H2,(H,24,26);1-4,7-8H,5-6H2,(H,21,23). The number of carbonyl (C=O) groups excluding carboxylic acids is 2. The van der Waals surface area contributed by atoms with Crippen LogP contribution in [0.4, 0.5) is 30.7 Å². The van der Waals surface area contributed by atoms with Crippen molar-refractivity contribution in [2.45, 2.75) is 25.7 Å². The first-order valence-corrected chi connectivity index (χ1v) is 15.2. The second-order valence-electron chi connectivity index (χ2n) is 11.7. The van der Waals surface area contributed by atoms with Crippen LogP contribution in [0.15, 0.2) is 78.9 Å². The van der Waals surface area contributed by atoms with Crippen molar-refractivity contribution in [2.75, 3.05) is 13.1 Å². The Morgan fingerprint density at radius 3 is 1.88 bits per heavy atom. The summed E-state index contributed by atoms with van der Waals surface area (Å²) in [7, 11) is 0. The summed E-state index contributed by atoms with van der Waals surface area (Å²) in [6.07, 6.45) is -3.72. The van der Waals surface area contributed by atoms with Gasteiger partial charge in [-0.05, 0) is 72.1 Å². The van der Waals surface area contributed by atoms with Gasteiger partial charge >= 0.3 is 6.18 Å². The first-order valence-electron chi connectivity index (χ1n) is 15.2. The summed E-state index contributed by atoms with van der Waals surface area (Å²) >= 11 is 0. The number of halogens is 7. The van der Waals surface area contributed by atoms with Gasteiger partial charge in [-0.1, -0.05) is 24.3 Å². The van der Waals surface area contributed by atoms with E-state index in [0.29, 0.717) is 82.7 Å². The van der Waals surface area contributed by atoms with Crippen LogP contribution in [0.5, 0.6) is 0 Å². The van der Waals surface area contributed by atoms with Crippen LogP contribution < -0.4 is 10.6 Å². The number of hydrogen-bond acceptors (Lipinski definition) is 2. The number of fused-ring (bicyclic) bond motifs is 6. The van der Waals surface area contributed by atoms with Crippen molar-refractivity contribution in [3.63, 3.8) is 0 Å². The molecule has 49 heavy (non-hydrogen) atoms. The third kappa shape index (κ3) is 5.79. The SMILES string of the molecule is O=C1NCCCn2c1cc1cc(F)cc(-c3ccc(C(F)(F)F)cc3)c12.O=C1NCCn2c1cc1c(F)c(F)cc(-c3ccc(F)cc3)c12. The van der Waals surface area contributed by atoms with Gasteiger partial charge in [-0.2, -0.15) is 13.2 Å². The highest BCUT2D eigenvalue weighted by Crippen LogP contribution is 2.37. The highest BCUT2D eigenvalue weighted by Gasteiger charge is 2.30. The Bertz CT molecular complexity index is 2270. The fourth-order valence-electron chi connectivity index (χ4n) is 6.42. The molecule has 250 valence electrons. The molecule has 0 fully saturated rings. The summed E-state index contributed by atoms with van der Waals surface area (Å²) in [5.41, 5.74) is 2.97. The number of hydrogen-bond donors (Lipinski definition) is 2. The van der Waals surface area contributed by atoms with E-state index in [4.69, 9.17) is 0 Å². The first kappa shape index (κ1) is 32.0. The third-order valence-corrected chi connectivity index (χ3v) is 8.64. The Morgan fingerprint density at radius 2 is 1.20 bits per heavy atom. The number of aryl methyl sites for hydroxylation is 1. The minimum Gasteiger partial charge on any atom is -0.351 e. The summed E-state index contributed by atoms with van der Waals surface area (Å²) in [5, 5.41) is 6.06. The molecule has 0 radical (unpaired) electrons. The molecule has 0 atom stereocenters. The van der Waals surface area contributed by atoms with Crippen molar-refractivity contribution in [1.29, 1.82) is 0 Å². The zero-order chi connectivity index (χ0) is 34.6. The maximum absolute atomic E-state index is 14.2. The molecule has 2 N–H and O–H groups in total. The molecule has 2 amide bonds. The monoisotopic (exact) mass is 678 g/mol. The lowest BCUT2D eigenvalue weighted by Gasteiger charge is -2.18. The summed E-state index contributed by atoms with van der Waals surface area (Å²) in [6, 6.07) is 16.8. The maximum atomic E-state index is 14.2. The average Bonchev–Trinajstić information content (AvgIpc) is 3.59. The van der Waals surface area contributed by atoms with Gasteiger partial charge in [0.1, 0.15) is 23.0 Å². The Balaban J connectivity index is 0.000000155. The molecule has 2 aliphatic rings. The third-order valence-electron chi connectivity index (χ3n) is 8.64. The van der Waals surface area contributed by atoms with Gasteiger partial charge in [-0.25, -0.2) is 17.6 Å². The molecule has 0 spiro atoms. The summed E-state index contributed by atoms with van der Waals surface area (Å²) < 4.78 is 97.3. The van der Waals surface area contributed by atoms with Crippen LogP contribution in [0.3, 0.4) is 0 Å². The van der Waals surface area contributed by atoms with Crippen molar-refractivity contribution in [3.05, 3.63) is 119 Å². The molecular weight excluding hydrogens is 653 g/mol. The van der Waals surface area contributed by atoms with Gasteiger partial charge in [0, 0.05) is 48.1 Å². The molecule has 6 aromatic rings. The zero-order valence-electron chi connectivity index (χ0n) is 25.4. The van der Waals surface area contributed by atoms with Gasteiger partial charge in [0.15, 0.2) is 11.6 Å².